The van der Waals surface area contributed by atoms with Crippen molar-refractivity contribution in [3.63, 3.8) is 0 Å². The average Bonchev–Trinajstić information content (AvgIpc) is 3.41. The van der Waals surface area contributed by atoms with Crippen LogP contribution in [0.15, 0.2) is 59.4 Å². The highest BCUT2D eigenvalue weighted by Gasteiger charge is 2.39. The van der Waals surface area contributed by atoms with Crippen LogP contribution in [0.1, 0.15) is 16.4 Å². The summed E-state index contributed by atoms with van der Waals surface area (Å²) in [4.78, 5) is 29.4. The van der Waals surface area contributed by atoms with E-state index < -0.39 is 30.5 Å². The molecule has 2 heterocycles. The molecular weight excluding hydrogens is 505 g/mol. The Morgan fingerprint density at radius 2 is 1.78 bits per heavy atom. The minimum Gasteiger partial charge on any atom is -0.463 e. The van der Waals surface area contributed by atoms with Gasteiger partial charge in [-0.1, -0.05) is 29.8 Å². The lowest BCUT2D eigenvalue weighted by molar-refractivity contribution is -0.207. The maximum absolute atomic E-state index is 13.1. The molecule has 0 bridgehead atoms. The van der Waals surface area contributed by atoms with Gasteiger partial charge in [-0.2, -0.15) is 13.2 Å². The smallest absolute Gasteiger partial charge is 0.416 e. The largest absolute Gasteiger partial charge is 0.463 e. The molecule has 1 N–H and O–H groups in total. The van der Waals surface area contributed by atoms with Crippen LogP contribution in [0, 0.1) is 0 Å². The summed E-state index contributed by atoms with van der Waals surface area (Å²) in [5.74, 6) is -1.11. The van der Waals surface area contributed by atoms with Crippen LogP contribution in [0.3, 0.4) is 0 Å². The number of methoxy groups -OCH3 is 1. The zero-order valence-electron chi connectivity index (χ0n) is 18.6. The number of esters is 1. The molecule has 0 unspecified atom stereocenters. The first-order chi connectivity index (χ1) is 17.1. The number of nitrogens with zero attached hydrogens (tertiary/aromatic N) is 6. The number of carbonyl (C=O) groups is 1. The zero-order valence-corrected chi connectivity index (χ0v) is 19.3. The summed E-state index contributed by atoms with van der Waals surface area (Å²) in [6, 6.07) is 14.5. The number of rotatable bonds is 7. The van der Waals surface area contributed by atoms with Gasteiger partial charge in [-0.05, 0) is 36.4 Å². The number of hydrogen-bond donors (Lipinski definition) is 1. The van der Waals surface area contributed by atoms with E-state index in [0.717, 1.165) is 4.68 Å². The maximum Gasteiger partial charge on any atom is 0.416 e. The summed E-state index contributed by atoms with van der Waals surface area (Å²) in [6.07, 6.45) is -7.76. The standard InChI is InChI=1S/C22H18ClF3N6O4/c1-36-20(34)19-27-17(28-32(19)15-5-3-2-4-6-15)12-31-21(35)30(11-16(33)22(24,25)26)18(29-31)13-7-9-14(23)10-8-13/h2-10,16,33H,11-12H2,1H3/t16-/m0/s1. The summed E-state index contributed by atoms with van der Waals surface area (Å²) in [5.41, 5.74) is -0.161. The van der Waals surface area contributed by atoms with Gasteiger partial charge < -0.3 is 9.84 Å². The molecule has 0 fully saturated rings. The zero-order chi connectivity index (χ0) is 26.0. The Kier molecular flexibility index (Phi) is 6.95. The minimum absolute atomic E-state index is 0.0231. The molecule has 188 valence electrons. The van der Waals surface area contributed by atoms with Crippen molar-refractivity contribution < 1.29 is 27.8 Å². The summed E-state index contributed by atoms with van der Waals surface area (Å²) < 4.78 is 46.7. The molecule has 14 heteroatoms. The van der Waals surface area contributed by atoms with Gasteiger partial charge in [0.1, 0.15) is 6.54 Å². The minimum atomic E-state index is -4.95. The van der Waals surface area contributed by atoms with E-state index >= 15 is 0 Å². The van der Waals surface area contributed by atoms with E-state index in [1.807, 2.05) is 0 Å². The fourth-order valence-corrected chi connectivity index (χ4v) is 3.45. The van der Waals surface area contributed by atoms with E-state index in [4.69, 9.17) is 16.3 Å². The first-order valence-corrected chi connectivity index (χ1v) is 10.7. The summed E-state index contributed by atoms with van der Waals surface area (Å²) >= 11 is 5.89. The normalized spacial score (nSPS) is 12.5. The van der Waals surface area contributed by atoms with E-state index in [0.29, 0.717) is 20.8 Å². The number of carbonyl (C=O) groups excluding carboxylic acids is 1. The number of aliphatic hydroxyl groups is 1. The molecular formula is C22H18ClF3N6O4. The van der Waals surface area contributed by atoms with Gasteiger partial charge in [-0.15, -0.1) is 10.2 Å². The SMILES string of the molecule is COC(=O)c1nc(Cn2nc(-c3ccc(Cl)cc3)n(C[C@H](O)C(F)(F)F)c2=O)nn1-c1ccccc1. The molecule has 0 saturated heterocycles. The van der Waals surface area contributed by atoms with Gasteiger partial charge in [0, 0.05) is 10.6 Å². The molecule has 2 aromatic heterocycles. The van der Waals surface area contributed by atoms with Crippen molar-refractivity contribution in [2.24, 2.45) is 0 Å². The molecule has 0 amide bonds. The van der Waals surface area contributed by atoms with Crippen molar-refractivity contribution in [1.82, 2.24) is 29.1 Å². The highest BCUT2D eigenvalue weighted by Crippen LogP contribution is 2.24. The van der Waals surface area contributed by atoms with Gasteiger partial charge in [0.25, 0.3) is 0 Å². The lowest BCUT2D eigenvalue weighted by Crippen LogP contribution is -2.37. The Morgan fingerprint density at radius 1 is 1.11 bits per heavy atom. The average molecular weight is 523 g/mol. The second-order valence-corrected chi connectivity index (χ2v) is 7.97. The Bertz CT molecular complexity index is 1430. The van der Waals surface area contributed by atoms with Crippen molar-refractivity contribution in [2.75, 3.05) is 7.11 Å². The Hall–Kier alpha value is -3.97. The van der Waals surface area contributed by atoms with Gasteiger partial charge in [-0.3, -0.25) is 4.57 Å². The number of ether oxygens (including phenoxy) is 1. The van der Waals surface area contributed by atoms with E-state index in [-0.39, 0.29) is 24.0 Å². The second-order valence-electron chi connectivity index (χ2n) is 7.53. The van der Waals surface area contributed by atoms with Crippen LogP contribution >= 0.6 is 11.6 Å². The lowest BCUT2D eigenvalue weighted by atomic mass is 10.2. The van der Waals surface area contributed by atoms with Crippen LogP contribution < -0.4 is 5.69 Å². The van der Waals surface area contributed by atoms with E-state index in [2.05, 4.69) is 15.2 Å². The number of halogens is 4. The summed E-state index contributed by atoms with van der Waals surface area (Å²) in [6.45, 7) is -1.46. The predicted octanol–water partition coefficient (Wildman–Crippen LogP) is 2.70. The van der Waals surface area contributed by atoms with Gasteiger partial charge in [0.05, 0.1) is 19.3 Å². The maximum atomic E-state index is 13.1. The molecule has 0 aliphatic rings. The van der Waals surface area contributed by atoms with Gasteiger partial charge in [0.15, 0.2) is 17.8 Å². The molecule has 10 nitrogen and oxygen atoms in total. The highest BCUT2D eigenvalue weighted by atomic mass is 35.5. The number of aliphatic hydroxyl groups excluding tert-OH is 1. The molecule has 0 spiro atoms. The van der Waals surface area contributed by atoms with Crippen LogP contribution in [-0.2, 0) is 17.8 Å². The van der Waals surface area contributed by atoms with Crippen molar-refractivity contribution >= 4 is 17.6 Å². The number of para-hydroxylation sites is 1. The Balaban J connectivity index is 1.77. The quantitative estimate of drug-likeness (QED) is 0.371. The monoisotopic (exact) mass is 522 g/mol. The van der Waals surface area contributed by atoms with E-state index in [1.54, 1.807) is 30.3 Å². The van der Waals surface area contributed by atoms with E-state index in [1.165, 1.54) is 36.1 Å². The predicted molar refractivity (Wildman–Crippen MR) is 121 cm³/mol. The summed E-state index contributed by atoms with van der Waals surface area (Å²) in [5, 5.41) is 18.4. The third-order valence-corrected chi connectivity index (χ3v) is 5.32. The van der Waals surface area contributed by atoms with Crippen molar-refractivity contribution in [3.05, 3.63) is 81.8 Å². The molecule has 4 rings (SSSR count). The van der Waals surface area contributed by atoms with Gasteiger partial charge in [-0.25, -0.2) is 23.9 Å². The topological polar surface area (TPSA) is 117 Å². The van der Waals surface area contributed by atoms with Crippen LogP contribution in [0.2, 0.25) is 5.02 Å². The van der Waals surface area contributed by atoms with Crippen LogP contribution in [0.25, 0.3) is 17.1 Å². The third kappa shape index (κ3) is 5.16. The van der Waals surface area contributed by atoms with Gasteiger partial charge >= 0.3 is 17.8 Å². The first-order valence-electron chi connectivity index (χ1n) is 10.4. The summed E-state index contributed by atoms with van der Waals surface area (Å²) in [7, 11) is 1.17. The lowest BCUT2D eigenvalue weighted by Gasteiger charge is -2.15. The molecule has 0 saturated carbocycles. The van der Waals surface area contributed by atoms with Crippen molar-refractivity contribution in [3.8, 4) is 17.1 Å². The van der Waals surface area contributed by atoms with E-state index in [9.17, 15) is 27.9 Å². The number of aromatic nitrogens is 6. The number of benzene rings is 2. The molecule has 0 radical (unpaired) electrons. The van der Waals surface area contributed by atoms with Crippen LogP contribution in [-0.4, -0.2) is 59.6 Å². The molecule has 0 aliphatic heterocycles. The molecule has 2 aromatic carbocycles. The molecule has 4 aromatic rings. The fraction of sp³-hybridized carbons (Fsp3) is 0.227. The van der Waals surface area contributed by atoms with Crippen molar-refractivity contribution in [2.45, 2.75) is 25.4 Å². The van der Waals surface area contributed by atoms with Crippen LogP contribution in [0.5, 0.6) is 0 Å². The van der Waals surface area contributed by atoms with Gasteiger partial charge in [0.2, 0.25) is 5.82 Å². The third-order valence-electron chi connectivity index (χ3n) is 5.07. The first kappa shape index (κ1) is 25.1. The highest BCUT2D eigenvalue weighted by molar-refractivity contribution is 6.30. The second kappa shape index (κ2) is 9.95. The number of hydrogen-bond acceptors (Lipinski definition) is 7. The molecule has 36 heavy (non-hydrogen) atoms. The Labute approximate surface area is 206 Å². The van der Waals surface area contributed by atoms with Crippen LogP contribution in [0.4, 0.5) is 13.2 Å². The molecule has 1 atom stereocenters. The molecule has 0 aliphatic carbocycles. The fourth-order valence-electron chi connectivity index (χ4n) is 3.33. The van der Waals surface area contributed by atoms with Crippen molar-refractivity contribution in [1.29, 1.82) is 0 Å². The Morgan fingerprint density at radius 3 is 2.39 bits per heavy atom. The number of alkyl halides is 3.